The molecule has 0 heterocycles. The van der Waals surface area contributed by atoms with Crippen LogP contribution in [-0.2, 0) is 76.3 Å². The van der Waals surface area contributed by atoms with Crippen molar-refractivity contribution < 1.29 is 154 Å². The van der Waals surface area contributed by atoms with Crippen molar-refractivity contribution in [3.05, 3.63) is 0 Å². The van der Waals surface area contributed by atoms with Gasteiger partial charge < -0.3 is 71.4 Å². The maximum absolute atomic E-state index is 14.6. The topological polar surface area (TPSA) is 187 Å². The summed E-state index contributed by atoms with van der Waals surface area (Å²) in [6, 6.07) is 0. The van der Waals surface area contributed by atoms with E-state index < -0.39 is 87.6 Å². The van der Waals surface area contributed by atoms with Gasteiger partial charge in [0.1, 0.15) is 0 Å². The number of hydrogen-bond acceptors (Lipinski definition) is 17. The Kier molecular flexibility index (Phi) is 37.0. The van der Waals surface area contributed by atoms with E-state index in [1.165, 1.54) is 0 Å². The summed E-state index contributed by atoms with van der Waals surface area (Å²) in [5, 5.41) is 0.944. The van der Waals surface area contributed by atoms with Crippen LogP contribution in [0.5, 0.6) is 0 Å². The molecule has 0 saturated carbocycles. The fourth-order valence-electron chi connectivity index (χ4n) is 5.11. The molecule has 0 amide bonds. The quantitative estimate of drug-likeness (QED) is 0.0644. The Hall–Kier alpha value is -1.88. The lowest BCUT2D eigenvalue weighted by Crippen LogP contribution is -2.75. The van der Waals surface area contributed by atoms with Crippen molar-refractivity contribution in [3.8, 4) is 0 Å². The number of rotatable bonds is 53. The molecule has 0 saturated heterocycles. The summed E-state index contributed by atoms with van der Waals surface area (Å²) in [4.78, 5) is 0. The first-order valence-electron chi connectivity index (χ1n) is 22.9. The van der Waals surface area contributed by atoms with Gasteiger partial charge in [-0.05, 0) is 0 Å². The first kappa shape index (κ1) is 74.1. The molecule has 0 fully saturated rings. The summed E-state index contributed by atoms with van der Waals surface area (Å²) in [7, 11) is -7.41. The van der Waals surface area contributed by atoms with E-state index in [0.29, 0.717) is 119 Å². The Morgan fingerprint density at radius 1 is 0.303 bits per heavy atom. The summed E-state index contributed by atoms with van der Waals surface area (Å²) in [5.41, 5.74) is 0. The molecule has 0 aromatic heterocycles. The lowest BCUT2D eigenvalue weighted by atomic mass is 9.91. The van der Waals surface area contributed by atoms with Crippen LogP contribution < -0.4 is 0 Å². The van der Waals surface area contributed by atoms with E-state index in [1.807, 2.05) is 0 Å². The van der Waals surface area contributed by atoms with Gasteiger partial charge in [-0.1, -0.05) is 6.92 Å². The predicted molar refractivity (Wildman–Crippen MR) is 225 cm³/mol. The fourth-order valence-corrected chi connectivity index (χ4v) is 6.54. The average molecular weight is 1190 g/mol. The number of aliphatic hydroxyl groups is 1. The van der Waals surface area contributed by atoms with Gasteiger partial charge in [-0.2, -0.15) is 78.9 Å². The zero-order valence-electron chi connectivity index (χ0n) is 41.2. The van der Waals surface area contributed by atoms with E-state index in [2.05, 4.69) is 0 Å². The van der Waals surface area contributed by atoms with Crippen LogP contribution in [0.3, 0.4) is 0 Å². The van der Waals surface area contributed by atoms with Crippen LogP contribution in [0.4, 0.5) is 74.6 Å². The molecule has 1 N–H and O–H groups in total. The molecular weight excluding hydrogens is 1120 g/mol. The van der Waals surface area contributed by atoms with Crippen LogP contribution in [0, 0.1) is 0 Å². The summed E-state index contributed by atoms with van der Waals surface area (Å²) < 4.78 is 329. The molecule has 18 nitrogen and oxygen atoms in total. The van der Waals surface area contributed by atoms with Gasteiger partial charge in [0.2, 0.25) is 0 Å². The number of ether oxygens (including phenoxy) is 14. The van der Waals surface area contributed by atoms with Crippen molar-refractivity contribution in [1.82, 2.24) is 4.31 Å². The first-order valence-corrected chi connectivity index (χ1v) is 24.4. The largest absolute Gasteiger partial charge is 0.460 e. The smallest absolute Gasteiger partial charge is 0.394 e. The van der Waals surface area contributed by atoms with E-state index in [-0.39, 0.29) is 66.1 Å². The second-order valence-electron chi connectivity index (χ2n) is 14.8. The summed E-state index contributed by atoms with van der Waals surface area (Å²) in [6.07, 6.45) is -7.92. The van der Waals surface area contributed by atoms with E-state index in [1.54, 1.807) is 0 Å². The highest BCUT2D eigenvalue weighted by atomic mass is 32.2. The first-order chi connectivity index (χ1) is 35.5. The summed E-state index contributed by atoms with van der Waals surface area (Å²) >= 11 is 0. The monoisotopic (exact) mass is 1190 g/mol. The fraction of sp³-hybridized carbons (Fsp3) is 1.00. The lowest BCUT2D eigenvalue weighted by molar-refractivity contribution is -0.458. The minimum absolute atomic E-state index is 0.00981. The van der Waals surface area contributed by atoms with Crippen molar-refractivity contribution in [2.45, 2.75) is 53.9 Å². The molecule has 76 heavy (non-hydrogen) atoms. The second kappa shape index (κ2) is 37.9. The molecule has 0 aromatic carbocycles. The van der Waals surface area contributed by atoms with Crippen molar-refractivity contribution in [1.29, 1.82) is 0 Å². The van der Waals surface area contributed by atoms with Crippen LogP contribution in [-0.4, -0.2) is 269 Å². The highest BCUT2D eigenvalue weighted by Crippen LogP contribution is 2.64. The van der Waals surface area contributed by atoms with E-state index in [0.717, 1.165) is 0 Å². The number of nitrogens with zero attached hydrogens (tertiary/aromatic N) is 1. The van der Waals surface area contributed by atoms with Crippen LogP contribution >= 0.6 is 0 Å². The van der Waals surface area contributed by atoms with Crippen molar-refractivity contribution >= 4 is 10.0 Å². The van der Waals surface area contributed by atoms with Gasteiger partial charge in [-0.15, -0.1) is 0 Å². The van der Waals surface area contributed by atoms with Gasteiger partial charge in [0.05, 0.1) is 192 Å². The average Bonchev–Trinajstić information content (AvgIpc) is 3.34. The van der Waals surface area contributed by atoms with Gasteiger partial charge in [0.15, 0.2) is 0 Å². The third-order valence-corrected chi connectivity index (χ3v) is 11.3. The zero-order chi connectivity index (χ0) is 57.9. The normalized spacial score (nSPS) is 13.9. The number of likely N-dealkylation sites (N-methyl/N-ethyl adjacent to an activating group) is 1. The Morgan fingerprint density at radius 2 is 0.487 bits per heavy atom. The maximum atomic E-state index is 14.6. The molecule has 0 bridgehead atoms. The Labute approximate surface area is 427 Å². The number of aliphatic hydroxyl groups excluding tert-OH is 1. The van der Waals surface area contributed by atoms with Gasteiger partial charge in [0.25, 0.3) is 10.0 Å². The molecule has 0 atom stereocenters. The molecule has 0 aliphatic rings. The van der Waals surface area contributed by atoms with E-state index >= 15 is 0 Å². The van der Waals surface area contributed by atoms with E-state index in [9.17, 15) is 83.1 Å². The Balaban J connectivity index is 3.97. The number of halogens is 17. The molecule has 458 valence electrons. The SMILES string of the molecule is CCN(CCOCCOCCOCCOCCOCCOCCOCCOCCOCCOCCOCCOCCOCCOCCO)S(=O)(=O)C(F)(F)C(F)(F)C(F)(F)C(F)(F)C(F)(F)C(F)(F)C(F)(F)C(F)(F)F. The molecule has 0 rings (SSSR count). The molecule has 0 aliphatic carbocycles. The van der Waals surface area contributed by atoms with Crippen LogP contribution in [0.1, 0.15) is 6.92 Å². The maximum Gasteiger partial charge on any atom is 0.460 e. The van der Waals surface area contributed by atoms with Gasteiger partial charge in [-0.25, -0.2) is 8.42 Å². The Morgan fingerprint density at radius 3 is 0.684 bits per heavy atom. The molecule has 0 aliphatic heterocycles. The van der Waals surface area contributed by atoms with Crippen LogP contribution in [0.25, 0.3) is 0 Å². The van der Waals surface area contributed by atoms with Gasteiger partial charge in [0, 0.05) is 13.1 Å². The van der Waals surface area contributed by atoms with Crippen LogP contribution in [0.15, 0.2) is 0 Å². The summed E-state index contributed by atoms with van der Waals surface area (Å²) in [5.74, 6) is -52.0. The summed E-state index contributed by atoms with van der Waals surface area (Å²) in [6.45, 7) is 3.81. The third-order valence-electron chi connectivity index (χ3n) is 9.27. The van der Waals surface area contributed by atoms with Gasteiger partial charge >= 0.3 is 47.0 Å². The second-order valence-corrected chi connectivity index (χ2v) is 16.7. The molecular formula is C40H66F17NO17S. The molecule has 0 aromatic rings. The van der Waals surface area contributed by atoms with Crippen molar-refractivity contribution in [2.24, 2.45) is 0 Å². The standard InChI is InChI=1S/C40H66F17NO17S/c1-2-58(76(60,61)40(56,57)38(51,52)36(47,48)34(43,44)33(41,42)35(45,46)37(49,50)39(53,54)55)3-5-62-7-9-64-11-13-66-15-17-68-19-21-70-23-25-72-27-29-74-31-32-75-30-28-73-26-24-71-22-20-69-18-16-67-14-12-65-10-8-63-6-4-59/h59H,2-32H2,1H3. The third kappa shape index (κ3) is 24.1. The molecule has 0 spiro atoms. The minimum atomic E-state index is -8.91. The lowest BCUT2D eigenvalue weighted by Gasteiger charge is -2.43. The van der Waals surface area contributed by atoms with E-state index in [4.69, 9.17) is 71.4 Å². The number of alkyl halides is 17. The number of hydrogen-bond donors (Lipinski definition) is 1. The minimum Gasteiger partial charge on any atom is -0.394 e. The van der Waals surface area contributed by atoms with Crippen molar-refractivity contribution in [2.75, 3.05) is 205 Å². The van der Waals surface area contributed by atoms with Crippen LogP contribution in [0.2, 0.25) is 0 Å². The highest BCUT2D eigenvalue weighted by molar-refractivity contribution is 7.90. The molecule has 36 heteroatoms. The highest BCUT2D eigenvalue weighted by Gasteiger charge is 2.96. The Bertz CT molecular complexity index is 1570. The predicted octanol–water partition coefficient (Wildman–Crippen LogP) is 4.83. The molecule has 0 radical (unpaired) electrons. The van der Waals surface area contributed by atoms with Crippen molar-refractivity contribution in [3.63, 3.8) is 0 Å². The van der Waals surface area contributed by atoms with Gasteiger partial charge in [-0.3, -0.25) is 0 Å². The number of sulfonamides is 1. The zero-order valence-corrected chi connectivity index (χ0v) is 42.0. The molecule has 0 unspecified atom stereocenters.